The first-order chi connectivity index (χ1) is 13.4. The Labute approximate surface area is 166 Å². The second kappa shape index (κ2) is 7.20. The fraction of sp³-hybridized carbons (Fsp3) is 0.300. The van der Waals surface area contributed by atoms with E-state index in [2.05, 4.69) is 20.5 Å². The third-order valence-corrected chi connectivity index (χ3v) is 5.84. The SMILES string of the molecule is CC(=NNC(=O)c1ccc2c(c1)OCCO2)c1sc2nc(C)nc(C)c2c1C. The molecule has 1 aliphatic heterocycles. The second-order valence-electron chi connectivity index (χ2n) is 6.59. The molecule has 1 aliphatic rings. The van der Waals surface area contributed by atoms with Gasteiger partial charge in [0, 0.05) is 16.6 Å². The molecule has 1 N–H and O–H groups in total. The van der Waals surface area contributed by atoms with Gasteiger partial charge in [-0.25, -0.2) is 15.4 Å². The Kier molecular flexibility index (Phi) is 4.72. The minimum absolute atomic E-state index is 0.304. The molecule has 2 aromatic heterocycles. The molecule has 1 aromatic carbocycles. The van der Waals surface area contributed by atoms with Crippen molar-refractivity contribution in [1.82, 2.24) is 15.4 Å². The van der Waals surface area contributed by atoms with Crippen LogP contribution in [0.4, 0.5) is 0 Å². The van der Waals surface area contributed by atoms with Crippen LogP contribution in [0, 0.1) is 20.8 Å². The first-order valence-corrected chi connectivity index (χ1v) is 9.74. The van der Waals surface area contributed by atoms with Crippen LogP contribution in [-0.2, 0) is 0 Å². The number of amides is 1. The van der Waals surface area contributed by atoms with Gasteiger partial charge in [-0.05, 0) is 51.5 Å². The Hall–Kier alpha value is -3.00. The molecule has 0 bridgehead atoms. The maximum absolute atomic E-state index is 12.5. The van der Waals surface area contributed by atoms with E-state index in [-0.39, 0.29) is 5.91 Å². The molecule has 0 saturated carbocycles. The number of hydrazone groups is 1. The maximum atomic E-state index is 12.5. The number of carbonyl (C=O) groups excluding carboxylic acids is 1. The first kappa shape index (κ1) is 18.4. The Balaban J connectivity index is 1.58. The predicted octanol–water partition coefficient (Wildman–Crippen LogP) is 3.54. The van der Waals surface area contributed by atoms with Crippen molar-refractivity contribution in [3.8, 4) is 11.5 Å². The highest BCUT2D eigenvalue weighted by Gasteiger charge is 2.17. The molecule has 0 spiro atoms. The molecular weight excluding hydrogens is 376 g/mol. The third-order valence-electron chi connectivity index (χ3n) is 4.54. The Bertz CT molecular complexity index is 1120. The van der Waals surface area contributed by atoms with Crippen LogP contribution in [0.5, 0.6) is 11.5 Å². The maximum Gasteiger partial charge on any atom is 0.271 e. The van der Waals surface area contributed by atoms with E-state index in [9.17, 15) is 4.79 Å². The van der Waals surface area contributed by atoms with Crippen molar-refractivity contribution in [3.63, 3.8) is 0 Å². The molecular formula is C20H20N4O3S. The van der Waals surface area contributed by atoms with Gasteiger partial charge in [0.25, 0.3) is 5.91 Å². The van der Waals surface area contributed by atoms with Crippen molar-refractivity contribution >= 4 is 33.2 Å². The van der Waals surface area contributed by atoms with Gasteiger partial charge < -0.3 is 9.47 Å². The third kappa shape index (κ3) is 3.31. The van der Waals surface area contributed by atoms with E-state index >= 15 is 0 Å². The lowest BCUT2D eigenvalue weighted by Crippen LogP contribution is -2.20. The van der Waals surface area contributed by atoms with E-state index in [0.29, 0.717) is 30.3 Å². The number of hydrogen-bond acceptors (Lipinski definition) is 7. The highest BCUT2D eigenvalue weighted by atomic mass is 32.1. The number of fused-ring (bicyclic) bond motifs is 2. The van der Waals surface area contributed by atoms with E-state index < -0.39 is 0 Å². The summed E-state index contributed by atoms with van der Waals surface area (Å²) in [6.07, 6.45) is 0. The fourth-order valence-electron chi connectivity index (χ4n) is 3.25. The zero-order valence-corrected chi connectivity index (χ0v) is 16.9. The fourth-order valence-corrected chi connectivity index (χ4v) is 4.48. The topological polar surface area (TPSA) is 85.7 Å². The number of ether oxygens (including phenoxy) is 2. The Morgan fingerprint density at radius 1 is 1.14 bits per heavy atom. The van der Waals surface area contributed by atoms with Gasteiger partial charge in [0.1, 0.15) is 23.9 Å². The average Bonchev–Trinajstić information content (AvgIpc) is 3.02. The van der Waals surface area contributed by atoms with Crippen LogP contribution in [0.1, 0.15) is 39.2 Å². The number of hydrogen-bond donors (Lipinski definition) is 1. The van der Waals surface area contributed by atoms with Gasteiger partial charge in [-0.15, -0.1) is 11.3 Å². The number of nitrogens with zero attached hydrogens (tertiary/aromatic N) is 3. The Morgan fingerprint density at radius 2 is 1.89 bits per heavy atom. The first-order valence-electron chi connectivity index (χ1n) is 8.93. The van der Waals surface area contributed by atoms with E-state index in [0.717, 1.165) is 37.9 Å². The number of nitrogens with one attached hydrogen (secondary N) is 1. The highest BCUT2D eigenvalue weighted by molar-refractivity contribution is 7.20. The molecule has 28 heavy (non-hydrogen) atoms. The standard InChI is InChI=1S/C20H20N4O3S/c1-10-17-11(2)21-13(4)22-20(17)28-18(10)12(3)23-24-19(25)14-5-6-15-16(9-14)27-8-7-26-15/h5-6,9H,7-8H2,1-4H3,(H,24,25). The number of rotatable bonds is 3. The summed E-state index contributed by atoms with van der Waals surface area (Å²) < 4.78 is 11.0. The molecule has 0 atom stereocenters. The molecule has 0 radical (unpaired) electrons. The summed E-state index contributed by atoms with van der Waals surface area (Å²) in [7, 11) is 0. The predicted molar refractivity (Wildman–Crippen MR) is 109 cm³/mol. The van der Waals surface area contributed by atoms with Crippen molar-refractivity contribution in [2.24, 2.45) is 5.10 Å². The Morgan fingerprint density at radius 3 is 2.68 bits per heavy atom. The molecule has 0 saturated heterocycles. The van der Waals surface area contributed by atoms with Crippen molar-refractivity contribution in [2.75, 3.05) is 13.2 Å². The summed E-state index contributed by atoms with van der Waals surface area (Å²) in [5, 5.41) is 5.35. The summed E-state index contributed by atoms with van der Waals surface area (Å²) >= 11 is 1.56. The number of aryl methyl sites for hydroxylation is 3. The highest BCUT2D eigenvalue weighted by Crippen LogP contribution is 2.32. The van der Waals surface area contributed by atoms with Gasteiger partial charge in [-0.1, -0.05) is 0 Å². The summed E-state index contributed by atoms with van der Waals surface area (Å²) in [4.78, 5) is 23.4. The summed E-state index contributed by atoms with van der Waals surface area (Å²) in [5.74, 6) is 1.67. The molecule has 3 heterocycles. The number of carbonyl (C=O) groups is 1. The lowest BCUT2D eigenvalue weighted by molar-refractivity contribution is 0.0953. The zero-order chi connectivity index (χ0) is 19.8. The van der Waals surface area contributed by atoms with Gasteiger partial charge in [0.05, 0.1) is 10.6 Å². The van der Waals surface area contributed by atoms with Crippen molar-refractivity contribution in [1.29, 1.82) is 0 Å². The van der Waals surface area contributed by atoms with E-state index in [4.69, 9.17) is 9.47 Å². The quantitative estimate of drug-likeness (QED) is 0.541. The molecule has 7 nitrogen and oxygen atoms in total. The van der Waals surface area contributed by atoms with Crippen LogP contribution in [-0.4, -0.2) is 34.8 Å². The molecule has 3 aromatic rings. The van der Waals surface area contributed by atoms with Crippen LogP contribution in [0.2, 0.25) is 0 Å². The molecule has 0 unspecified atom stereocenters. The molecule has 8 heteroatoms. The molecule has 0 fully saturated rings. The zero-order valence-electron chi connectivity index (χ0n) is 16.1. The van der Waals surface area contributed by atoms with Gasteiger partial charge in [0.2, 0.25) is 0 Å². The van der Waals surface area contributed by atoms with Crippen molar-refractivity contribution < 1.29 is 14.3 Å². The van der Waals surface area contributed by atoms with Crippen LogP contribution in [0.25, 0.3) is 10.2 Å². The smallest absolute Gasteiger partial charge is 0.271 e. The molecule has 144 valence electrons. The number of aromatic nitrogens is 2. The van der Waals surface area contributed by atoms with Crippen molar-refractivity contribution in [3.05, 3.63) is 45.7 Å². The molecule has 1 amide bonds. The normalized spacial score (nSPS) is 13.6. The average molecular weight is 396 g/mol. The van der Waals surface area contributed by atoms with E-state index in [1.54, 1.807) is 29.5 Å². The van der Waals surface area contributed by atoms with Crippen LogP contribution in [0.15, 0.2) is 23.3 Å². The number of benzene rings is 1. The minimum atomic E-state index is -0.304. The van der Waals surface area contributed by atoms with Gasteiger partial charge in [-0.2, -0.15) is 5.10 Å². The molecule has 0 aliphatic carbocycles. The van der Waals surface area contributed by atoms with Gasteiger partial charge in [-0.3, -0.25) is 4.79 Å². The van der Waals surface area contributed by atoms with Crippen LogP contribution >= 0.6 is 11.3 Å². The summed E-state index contributed by atoms with van der Waals surface area (Å²) in [5.41, 5.74) is 5.84. The van der Waals surface area contributed by atoms with E-state index in [1.165, 1.54) is 0 Å². The number of thiophene rings is 1. The van der Waals surface area contributed by atoms with Crippen molar-refractivity contribution in [2.45, 2.75) is 27.7 Å². The largest absolute Gasteiger partial charge is 0.486 e. The molecule has 4 rings (SSSR count). The lowest BCUT2D eigenvalue weighted by Gasteiger charge is -2.18. The van der Waals surface area contributed by atoms with Crippen LogP contribution < -0.4 is 14.9 Å². The minimum Gasteiger partial charge on any atom is -0.486 e. The summed E-state index contributed by atoms with van der Waals surface area (Å²) in [6, 6.07) is 5.10. The van der Waals surface area contributed by atoms with E-state index in [1.807, 2.05) is 27.7 Å². The second-order valence-corrected chi connectivity index (χ2v) is 7.59. The van der Waals surface area contributed by atoms with Crippen LogP contribution in [0.3, 0.4) is 0 Å². The monoisotopic (exact) mass is 396 g/mol. The van der Waals surface area contributed by atoms with Gasteiger partial charge in [0.15, 0.2) is 11.5 Å². The lowest BCUT2D eigenvalue weighted by atomic mass is 10.1. The summed E-state index contributed by atoms with van der Waals surface area (Å²) in [6.45, 7) is 8.76. The van der Waals surface area contributed by atoms with Gasteiger partial charge >= 0.3 is 0 Å².